The molecule has 7 heteroatoms. The summed E-state index contributed by atoms with van der Waals surface area (Å²) in [7, 11) is 0. The Morgan fingerprint density at radius 1 is 0.556 bits per heavy atom. The molecule has 0 aromatic heterocycles. The minimum atomic E-state index is -0.689. The van der Waals surface area contributed by atoms with Crippen LogP contribution in [0.25, 0.3) is 0 Å². The minimum absolute atomic E-state index is 0.0446. The standard InChI is InChI=1S/C56H77NO6/c1-4-5-6-7-8-9-10-11-12-13-14-27-37-52-53(63-56(2,3)62-52)49(57-40-45-29-19-15-20-30-45)44-59-51-39-28-38-50(58-41-46-31-21-16-22-32-46)54(60-42-47-33-23-17-24-34-47)55(51)61-43-48-35-25-18-26-36-48/h15-26,28-36,38,49-55,57H,4-14,27,37,39-44H2,1-3H3/t49?,50-,51+,52-,53+,54-,55-/m0/s1. The van der Waals surface area contributed by atoms with Gasteiger partial charge in [0.15, 0.2) is 5.79 Å². The van der Waals surface area contributed by atoms with Crippen LogP contribution in [-0.2, 0) is 54.8 Å². The summed E-state index contributed by atoms with van der Waals surface area (Å²) in [5, 5.41) is 3.88. The predicted molar refractivity (Wildman–Crippen MR) is 255 cm³/mol. The van der Waals surface area contributed by atoms with Crippen molar-refractivity contribution >= 4 is 0 Å². The first kappa shape index (κ1) is 48.8. The van der Waals surface area contributed by atoms with E-state index in [1.54, 1.807) is 0 Å². The van der Waals surface area contributed by atoms with Crippen molar-refractivity contribution in [3.63, 3.8) is 0 Å². The zero-order valence-electron chi connectivity index (χ0n) is 38.6. The molecule has 1 aliphatic carbocycles. The van der Waals surface area contributed by atoms with E-state index in [9.17, 15) is 0 Å². The molecule has 1 N–H and O–H groups in total. The van der Waals surface area contributed by atoms with Crippen LogP contribution in [0.15, 0.2) is 133 Å². The largest absolute Gasteiger partial charge is 0.373 e. The van der Waals surface area contributed by atoms with E-state index >= 15 is 0 Å². The molecular weight excluding hydrogens is 783 g/mol. The fraction of sp³-hybridized carbons (Fsp3) is 0.536. The van der Waals surface area contributed by atoms with E-state index in [0.717, 1.165) is 29.5 Å². The van der Waals surface area contributed by atoms with Gasteiger partial charge in [-0.25, -0.2) is 0 Å². The van der Waals surface area contributed by atoms with Gasteiger partial charge in [-0.15, -0.1) is 0 Å². The summed E-state index contributed by atoms with van der Waals surface area (Å²) in [6.07, 6.45) is 20.1. The van der Waals surface area contributed by atoms with Crippen LogP contribution >= 0.6 is 0 Å². The van der Waals surface area contributed by atoms with Gasteiger partial charge in [-0.1, -0.05) is 217 Å². The van der Waals surface area contributed by atoms with Crippen molar-refractivity contribution < 1.29 is 28.4 Å². The first-order valence-electron chi connectivity index (χ1n) is 24.3. The van der Waals surface area contributed by atoms with Crippen LogP contribution in [0.5, 0.6) is 0 Å². The van der Waals surface area contributed by atoms with Gasteiger partial charge in [-0.2, -0.15) is 0 Å². The number of rotatable bonds is 29. The van der Waals surface area contributed by atoms with Crippen molar-refractivity contribution in [1.29, 1.82) is 0 Å². The van der Waals surface area contributed by atoms with Crippen LogP contribution in [0.2, 0.25) is 0 Å². The summed E-state index contributed by atoms with van der Waals surface area (Å²) in [5.74, 6) is -0.689. The molecule has 0 saturated carbocycles. The minimum Gasteiger partial charge on any atom is -0.373 e. The highest BCUT2D eigenvalue weighted by Gasteiger charge is 2.46. The average Bonchev–Trinajstić information content (AvgIpc) is 3.52. The first-order chi connectivity index (χ1) is 31.0. The van der Waals surface area contributed by atoms with E-state index in [2.05, 4.69) is 103 Å². The van der Waals surface area contributed by atoms with Crippen molar-refractivity contribution in [1.82, 2.24) is 5.32 Å². The fourth-order valence-electron chi connectivity index (χ4n) is 8.95. The molecule has 0 amide bonds. The summed E-state index contributed by atoms with van der Waals surface area (Å²) >= 11 is 0. The topological polar surface area (TPSA) is 67.4 Å². The third kappa shape index (κ3) is 17.3. The van der Waals surface area contributed by atoms with Crippen molar-refractivity contribution in [2.75, 3.05) is 6.61 Å². The number of hydrogen-bond acceptors (Lipinski definition) is 7. The molecule has 1 heterocycles. The van der Waals surface area contributed by atoms with E-state index in [0.29, 0.717) is 39.4 Å². The molecule has 4 aromatic carbocycles. The van der Waals surface area contributed by atoms with Gasteiger partial charge in [0.05, 0.1) is 44.7 Å². The molecule has 1 aliphatic heterocycles. The number of nitrogens with one attached hydrogen (secondary N) is 1. The Balaban J connectivity index is 1.16. The SMILES string of the molecule is CCCCCCCCCCCCCC[C@@H]1OC(C)(C)O[C@@H]1C(CO[C@@H]1CC=C[C@H](OCc2ccccc2)[C@H](OCc2ccccc2)[C@H]1OCc1ccccc1)NCc1ccccc1. The maximum atomic E-state index is 7.14. The van der Waals surface area contributed by atoms with Crippen LogP contribution in [0, 0.1) is 0 Å². The van der Waals surface area contributed by atoms with Crippen molar-refractivity contribution in [3.05, 3.63) is 156 Å². The van der Waals surface area contributed by atoms with E-state index in [1.807, 2.05) is 56.3 Å². The van der Waals surface area contributed by atoms with Crippen LogP contribution in [0.4, 0.5) is 0 Å². The quantitative estimate of drug-likeness (QED) is 0.0431. The molecule has 342 valence electrons. The summed E-state index contributed by atoms with van der Waals surface area (Å²) in [5.41, 5.74) is 4.52. The lowest BCUT2D eigenvalue weighted by molar-refractivity contribution is -0.180. The summed E-state index contributed by atoms with van der Waals surface area (Å²) in [6.45, 7) is 8.79. The lowest BCUT2D eigenvalue weighted by Gasteiger charge is -2.36. The maximum Gasteiger partial charge on any atom is 0.163 e. The molecule has 6 rings (SSSR count). The molecule has 0 bridgehead atoms. The summed E-state index contributed by atoms with van der Waals surface area (Å²) in [4.78, 5) is 0. The zero-order valence-corrected chi connectivity index (χ0v) is 38.6. The smallest absolute Gasteiger partial charge is 0.163 e. The van der Waals surface area contributed by atoms with E-state index < -0.39 is 18.0 Å². The monoisotopic (exact) mass is 860 g/mol. The van der Waals surface area contributed by atoms with Gasteiger partial charge in [-0.05, 0) is 48.9 Å². The third-order valence-electron chi connectivity index (χ3n) is 12.4. The molecule has 1 fully saturated rings. The highest BCUT2D eigenvalue weighted by molar-refractivity contribution is 5.17. The molecule has 1 saturated heterocycles. The van der Waals surface area contributed by atoms with Crippen LogP contribution in [0.3, 0.4) is 0 Å². The van der Waals surface area contributed by atoms with Gasteiger partial charge in [-0.3, -0.25) is 0 Å². The van der Waals surface area contributed by atoms with Crippen molar-refractivity contribution in [2.45, 2.75) is 185 Å². The highest BCUT2D eigenvalue weighted by atomic mass is 16.8. The molecule has 2 aliphatic rings. The van der Waals surface area contributed by atoms with Crippen LogP contribution in [-0.4, -0.2) is 55.1 Å². The Bertz CT molecular complexity index is 1790. The Hall–Kier alpha value is -3.66. The predicted octanol–water partition coefficient (Wildman–Crippen LogP) is 12.9. The summed E-state index contributed by atoms with van der Waals surface area (Å²) in [6, 6.07) is 41.4. The number of benzene rings is 4. The molecular formula is C56H77NO6. The first-order valence-corrected chi connectivity index (χ1v) is 24.3. The summed E-state index contributed by atoms with van der Waals surface area (Å²) < 4.78 is 41.2. The van der Waals surface area contributed by atoms with Gasteiger partial charge in [0, 0.05) is 6.54 Å². The van der Waals surface area contributed by atoms with Gasteiger partial charge in [0.2, 0.25) is 0 Å². The van der Waals surface area contributed by atoms with Crippen molar-refractivity contribution in [3.8, 4) is 0 Å². The fourth-order valence-corrected chi connectivity index (χ4v) is 8.95. The van der Waals surface area contributed by atoms with E-state index in [1.165, 1.54) is 76.2 Å². The van der Waals surface area contributed by atoms with Crippen LogP contribution in [0.1, 0.15) is 133 Å². The Kier molecular flexibility index (Phi) is 21.4. The number of ether oxygens (including phenoxy) is 6. The normalized spacial score (nSPS) is 22.5. The Morgan fingerprint density at radius 3 is 1.57 bits per heavy atom. The lowest BCUT2D eigenvalue weighted by atomic mass is 9.98. The zero-order chi connectivity index (χ0) is 43.8. The molecule has 4 aromatic rings. The molecule has 0 spiro atoms. The molecule has 7 atom stereocenters. The highest BCUT2D eigenvalue weighted by Crippen LogP contribution is 2.34. The maximum absolute atomic E-state index is 7.14. The Labute approximate surface area is 380 Å². The molecule has 7 nitrogen and oxygen atoms in total. The van der Waals surface area contributed by atoms with Crippen molar-refractivity contribution in [2.24, 2.45) is 0 Å². The molecule has 0 radical (unpaired) electrons. The number of hydrogen-bond donors (Lipinski definition) is 1. The second-order valence-corrected chi connectivity index (χ2v) is 18.1. The van der Waals surface area contributed by atoms with Gasteiger partial charge < -0.3 is 33.7 Å². The average molecular weight is 860 g/mol. The van der Waals surface area contributed by atoms with Gasteiger partial charge in [0.1, 0.15) is 24.4 Å². The second-order valence-electron chi connectivity index (χ2n) is 18.1. The molecule has 63 heavy (non-hydrogen) atoms. The molecule has 1 unspecified atom stereocenters. The number of unbranched alkanes of at least 4 members (excludes halogenated alkanes) is 11. The van der Waals surface area contributed by atoms with E-state index in [4.69, 9.17) is 28.4 Å². The van der Waals surface area contributed by atoms with E-state index in [-0.39, 0.29) is 30.5 Å². The van der Waals surface area contributed by atoms with Gasteiger partial charge >= 0.3 is 0 Å². The Morgan fingerprint density at radius 2 is 1.03 bits per heavy atom. The van der Waals surface area contributed by atoms with Crippen LogP contribution < -0.4 is 5.32 Å². The lowest BCUT2D eigenvalue weighted by Crippen LogP contribution is -2.51. The third-order valence-corrected chi connectivity index (χ3v) is 12.4. The second kappa shape index (κ2) is 27.6. The van der Waals surface area contributed by atoms with Gasteiger partial charge in [0.25, 0.3) is 0 Å².